The SMILES string of the molecule is COc1ccc(C[C@@H]2CCN([C@@H](C)c3ccccc3)C2=O)cc1. The molecule has 0 spiro atoms. The third kappa shape index (κ3) is 3.39. The molecule has 3 heteroatoms. The average Bonchev–Trinajstić information content (AvgIpc) is 2.96. The number of ether oxygens (including phenoxy) is 1. The van der Waals surface area contributed by atoms with Gasteiger partial charge in [-0.25, -0.2) is 0 Å². The van der Waals surface area contributed by atoms with Crippen molar-refractivity contribution in [3.05, 3.63) is 65.7 Å². The molecule has 0 N–H and O–H groups in total. The summed E-state index contributed by atoms with van der Waals surface area (Å²) >= 11 is 0. The van der Waals surface area contributed by atoms with Crippen molar-refractivity contribution in [2.75, 3.05) is 13.7 Å². The summed E-state index contributed by atoms with van der Waals surface area (Å²) < 4.78 is 5.18. The Balaban J connectivity index is 1.66. The Bertz CT molecular complexity index is 651. The number of methoxy groups -OCH3 is 1. The zero-order chi connectivity index (χ0) is 16.2. The van der Waals surface area contributed by atoms with Crippen LogP contribution in [0.2, 0.25) is 0 Å². The molecule has 2 atom stereocenters. The number of rotatable bonds is 5. The number of amides is 1. The van der Waals surface area contributed by atoms with E-state index in [-0.39, 0.29) is 17.9 Å². The molecule has 1 aliphatic rings. The van der Waals surface area contributed by atoms with Crippen molar-refractivity contribution in [2.45, 2.75) is 25.8 Å². The number of hydrogen-bond donors (Lipinski definition) is 0. The van der Waals surface area contributed by atoms with Crippen molar-refractivity contribution in [3.63, 3.8) is 0 Å². The maximum Gasteiger partial charge on any atom is 0.226 e. The van der Waals surface area contributed by atoms with Crippen molar-refractivity contribution < 1.29 is 9.53 Å². The first-order chi connectivity index (χ1) is 11.2. The molecule has 0 radical (unpaired) electrons. The van der Waals surface area contributed by atoms with Gasteiger partial charge in [0, 0.05) is 12.5 Å². The van der Waals surface area contributed by atoms with E-state index in [1.165, 1.54) is 11.1 Å². The molecule has 1 fully saturated rings. The van der Waals surface area contributed by atoms with Gasteiger partial charge in [-0.05, 0) is 43.0 Å². The van der Waals surface area contributed by atoms with Gasteiger partial charge in [0.25, 0.3) is 0 Å². The van der Waals surface area contributed by atoms with Crippen LogP contribution in [-0.2, 0) is 11.2 Å². The summed E-state index contributed by atoms with van der Waals surface area (Å²) in [5.74, 6) is 1.22. The number of hydrogen-bond acceptors (Lipinski definition) is 2. The first kappa shape index (κ1) is 15.6. The first-order valence-corrected chi connectivity index (χ1v) is 8.17. The molecule has 0 saturated carbocycles. The van der Waals surface area contributed by atoms with E-state index in [0.29, 0.717) is 0 Å². The van der Waals surface area contributed by atoms with Crippen LogP contribution in [0.25, 0.3) is 0 Å². The Kier molecular flexibility index (Phi) is 4.65. The monoisotopic (exact) mass is 309 g/mol. The molecule has 1 saturated heterocycles. The van der Waals surface area contributed by atoms with E-state index in [9.17, 15) is 4.79 Å². The van der Waals surface area contributed by atoms with Crippen LogP contribution in [-0.4, -0.2) is 24.5 Å². The quantitative estimate of drug-likeness (QED) is 0.839. The third-order valence-corrected chi connectivity index (χ3v) is 4.74. The lowest BCUT2D eigenvalue weighted by atomic mass is 9.98. The third-order valence-electron chi connectivity index (χ3n) is 4.74. The van der Waals surface area contributed by atoms with E-state index < -0.39 is 0 Å². The lowest BCUT2D eigenvalue weighted by molar-refractivity contribution is -0.132. The Hall–Kier alpha value is -2.29. The highest BCUT2D eigenvalue weighted by Gasteiger charge is 2.34. The van der Waals surface area contributed by atoms with E-state index in [0.717, 1.165) is 25.1 Å². The minimum atomic E-state index is 0.0922. The molecule has 2 aromatic rings. The van der Waals surface area contributed by atoms with Crippen LogP contribution in [0, 0.1) is 5.92 Å². The fraction of sp³-hybridized carbons (Fsp3) is 0.350. The fourth-order valence-electron chi connectivity index (χ4n) is 3.29. The number of benzene rings is 2. The topological polar surface area (TPSA) is 29.5 Å². The smallest absolute Gasteiger partial charge is 0.226 e. The van der Waals surface area contributed by atoms with E-state index in [1.807, 2.05) is 35.2 Å². The zero-order valence-electron chi connectivity index (χ0n) is 13.7. The highest BCUT2D eigenvalue weighted by molar-refractivity contribution is 5.81. The number of nitrogens with zero attached hydrogens (tertiary/aromatic N) is 1. The molecule has 0 aliphatic carbocycles. The highest BCUT2D eigenvalue weighted by atomic mass is 16.5. The van der Waals surface area contributed by atoms with Gasteiger partial charge >= 0.3 is 0 Å². The van der Waals surface area contributed by atoms with Crippen LogP contribution < -0.4 is 4.74 Å². The van der Waals surface area contributed by atoms with Crippen LogP contribution in [0.3, 0.4) is 0 Å². The van der Waals surface area contributed by atoms with E-state index in [4.69, 9.17) is 4.74 Å². The van der Waals surface area contributed by atoms with Crippen LogP contribution >= 0.6 is 0 Å². The second kappa shape index (κ2) is 6.86. The Labute approximate surface area is 137 Å². The van der Waals surface area contributed by atoms with Gasteiger partial charge in [-0.1, -0.05) is 42.5 Å². The summed E-state index contributed by atoms with van der Waals surface area (Å²) in [6.45, 7) is 2.96. The minimum Gasteiger partial charge on any atom is -0.497 e. The Morgan fingerprint density at radius 1 is 1.13 bits per heavy atom. The lowest BCUT2D eigenvalue weighted by Gasteiger charge is -2.25. The maximum atomic E-state index is 12.7. The molecule has 1 amide bonds. The van der Waals surface area contributed by atoms with Gasteiger partial charge in [-0.15, -0.1) is 0 Å². The van der Waals surface area contributed by atoms with Crippen LogP contribution in [0.1, 0.15) is 30.5 Å². The molecule has 2 aromatic carbocycles. The second-order valence-corrected chi connectivity index (χ2v) is 6.16. The van der Waals surface area contributed by atoms with Gasteiger partial charge in [-0.2, -0.15) is 0 Å². The number of likely N-dealkylation sites (tertiary alicyclic amines) is 1. The van der Waals surface area contributed by atoms with Crippen LogP contribution in [0.4, 0.5) is 0 Å². The minimum absolute atomic E-state index is 0.0922. The second-order valence-electron chi connectivity index (χ2n) is 6.16. The summed E-state index contributed by atoms with van der Waals surface area (Å²) in [6.07, 6.45) is 1.74. The predicted octanol–water partition coefficient (Wildman–Crippen LogP) is 3.85. The number of carbonyl (C=O) groups excluding carboxylic acids is 1. The van der Waals surface area contributed by atoms with Crippen molar-refractivity contribution in [2.24, 2.45) is 5.92 Å². The molecular formula is C20H23NO2. The predicted molar refractivity (Wildman–Crippen MR) is 91.4 cm³/mol. The van der Waals surface area contributed by atoms with Crippen LogP contribution in [0.15, 0.2) is 54.6 Å². The van der Waals surface area contributed by atoms with E-state index >= 15 is 0 Å². The van der Waals surface area contributed by atoms with Gasteiger partial charge in [0.2, 0.25) is 5.91 Å². The van der Waals surface area contributed by atoms with Crippen LogP contribution in [0.5, 0.6) is 5.75 Å². The summed E-state index contributed by atoms with van der Waals surface area (Å²) in [5.41, 5.74) is 2.39. The first-order valence-electron chi connectivity index (χ1n) is 8.17. The largest absolute Gasteiger partial charge is 0.497 e. The molecule has 120 valence electrons. The molecule has 0 aromatic heterocycles. The van der Waals surface area contributed by atoms with Crippen molar-refractivity contribution in [3.8, 4) is 5.75 Å². The van der Waals surface area contributed by atoms with Crippen molar-refractivity contribution in [1.82, 2.24) is 4.90 Å². The fourth-order valence-corrected chi connectivity index (χ4v) is 3.29. The Morgan fingerprint density at radius 3 is 2.48 bits per heavy atom. The molecule has 3 nitrogen and oxygen atoms in total. The van der Waals surface area contributed by atoms with Gasteiger partial charge in [-0.3, -0.25) is 4.79 Å². The average molecular weight is 309 g/mol. The normalized spacial score (nSPS) is 19.0. The summed E-state index contributed by atoms with van der Waals surface area (Å²) in [6, 6.07) is 18.4. The van der Waals surface area contributed by atoms with Gasteiger partial charge in [0.15, 0.2) is 0 Å². The van der Waals surface area contributed by atoms with E-state index in [2.05, 4.69) is 31.2 Å². The van der Waals surface area contributed by atoms with E-state index in [1.54, 1.807) is 7.11 Å². The molecule has 1 heterocycles. The van der Waals surface area contributed by atoms with Crippen molar-refractivity contribution in [1.29, 1.82) is 0 Å². The molecule has 1 aliphatic heterocycles. The lowest BCUT2D eigenvalue weighted by Crippen LogP contribution is -2.30. The molecule has 0 unspecified atom stereocenters. The van der Waals surface area contributed by atoms with Gasteiger partial charge < -0.3 is 9.64 Å². The standard InChI is InChI=1S/C20H23NO2/c1-15(17-6-4-3-5-7-17)21-13-12-18(20(21)22)14-16-8-10-19(23-2)11-9-16/h3-11,15,18H,12-14H2,1-2H3/t15-,18-/m0/s1. The molecule has 0 bridgehead atoms. The van der Waals surface area contributed by atoms with Crippen molar-refractivity contribution >= 4 is 5.91 Å². The molecule has 23 heavy (non-hydrogen) atoms. The highest BCUT2D eigenvalue weighted by Crippen LogP contribution is 2.30. The summed E-state index contributed by atoms with van der Waals surface area (Å²) in [5, 5.41) is 0. The molecular weight excluding hydrogens is 286 g/mol. The molecule has 3 rings (SSSR count). The summed E-state index contributed by atoms with van der Waals surface area (Å²) in [7, 11) is 1.67. The van der Waals surface area contributed by atoms with Gasteiger partial charge in [0.05, 0.1) is 13.2 Å². The van der Waals surface area contributed by atoms with Gasteiger partial charge in [0.1, 0.15) is 5.75 Å². The summed E-state index contributed by atoms with van der Waals surface area (Å²) in [4.78, 5) is 14.8. The number of carbonyl (C=O) groups is 1. The maximum absolute atomic E-state index is 12.7. The zero-order valence-corrected chi connectivity index (χ0v) is 13.7. The Morgan fingerprint density at radius 2 is 1.83 bits per heavy atom.